The maximum atomic E-state index is 3.96. The lowest BCUT2D eigenvalue weighted by Crippen LogP contribution is -1.98. The Bertz CT molecular complexity index is 1900. The summed E-state index contributed by atoms with van der Waals surface area (Å²) in [5, 5.41) is 3.95. The van der Waals surface area contributed by atoms with Crippen molar-refractivity contribution in [2.75, 3.05) is 0 Å². The monoisotopic (exact) mass is 548 g/mol. The zero-order valence-electron chi connectivity index (χ0n) is 25.4. The molecule has 0 spiro atoms. The molecule has 2 heteroatoms. The molecule has 0 saturated heterocycles. The van der Waals surface area contributed by atoms with Gasteiger partial charge < -0.3 is 9.13 Å². The Hall–Kier alpha value is -4.82. The highest BCUT2D eigenvalue weighted by atomic mass is 15.0. The van der Waals surface area contributed by atoms with Crippen LogP contribution in [0.3, 0.4) is 0 Å². The molecule has 0 atom stereocenters. The van der Waals surface area contributed by atoms with Crippen LogP contribution in [-0.4, -0.2) is 9.13 Å². The van der Waals surface area contributed by atoms with Gasteiger partial charge in [0.05, 0.1) is 16.6 Å². The Morgan fingerprint density at radius 1 is 0.714 bits per heavy atom. The maximum Gasteiger partial charge on any atom is 0.0541 e. The molecule has 2 aromatic heterocycles. The van der Waals surface area contributed by atoms with E-state index in [4.69, 9.17) is 0 Å². The van der Waals surface area contributed by atoms with E-state index in [1.165, 1.54) is 60.9 Å². The van der Waals surface area contributed by atoms with Gasteiger partial charge in [0.25, 0.3) is 0 Å². The third kappa shape index (κ3) is 5.53. The Morgan fingerprint density at radius 3 is 1.79 bits per heavy atom. The van der Waals surface area contributed by atoms with Gasteiger partial charge in [-0.1, -0.05) is 110 Å². The number of para-hydroxylation sites is 3. The fraction of sp³-hybridized carbons (Fsp3) is 0.150. The SMILES string of the molecule is C=C(C)/C=C\C(=C/C)n1c(/C=C\C)c(CC)c2ccccc21.Cc1ccc(-n2c3ccccc3c3ccccc32)cc1. The van der Waals surface area contributed by atoms with Crippen LogP contribution in [0, 0.1) is 6.92 Å². The standard InChI is InChI=1S/C21H25N.C19H15N/c1-6-11-20-18(8-3)19-12-9-10-13-21(19)22(20)17(7-2)15-14-16(4)5;1-14-10-12-15(13-11-14)20-18-8-4-2-6-16(18)17-7-3-5-9-19(17)20/h6-7,9-15H,4,8H2,1-3,5H3;2-13H,1H3/b11-6-,15-14-,17-7+;. The van der Waals surface area contributed by atoms with Crippen molar-refractivity contribution < 1.29 is 0 Å². The lowest BCUT2D eigenvalue weighted by Gasteiger charge is -2.10. The third-order valence-corrected chi connectivity index (χ3v) is 7.66. The molecular weight excluding hydrogens is 508 g/mol. The van der Waals surface area contributed by atoms with Crippen molar-refractivity contribution in [3.05, 3.63) is 150 Å². The van der Waals surface area contributed by atoms with Gasteiger partial charge in [0.1, 0.15) is 0 Å². The predicted octanol–water partition coefficient (Wildman–Crippen LogP) is 11.3. The number of hydrogen-bond donors (Lipinski definition) is 0. The number of allylic oxidation sites excluding steroid dienone is 6. The number of fused-ring (bicyclic) bond motifs is 4. The zero-order valence-corrected chi connectivity index (χ0v) is 25.4. The van der Waals surface area contributed by atoms with E-state index >= 15 is 0 Å². The van der Waals surface area contributed by atoms with E-state index in [-0.39, 0.29) is 0 Å². The summed E-state index contributed by atoms with van der Waals surface area (Å²) in [6.07, 6.45) is 11.7. The van der Waals surface area contributed by atoms with E-state index in [9.17, 15) is 0 Å². The number of nitrogens with zero attached hydrogens (tertiary/aromatic N) is 2. The van der Waals surface area contributed by atoms with Crippen LogP contribution >= 0.6 is 0 Å². The van der Waals surface area contributed by atoms with Gasteiger partial charge in [0.15, 0.2) is 0 Å². The van der Waals surface area contributed by atoms with Gasteiger partial charge in [-0.3, -0.25) is 0 Å². The average molecular weight is 549 g/mol. The number of hydrogen-bond acceptors (Lipinski definition) is 0. The molecule has 2 heterocycles. The zero-order chi connectivity index (χ0) is 29.6. The van der Waals surface area contributed by atoms with E-state index in [0.717, 1.165) is 12.0 Å². The van der Waals surface area contributed by atoms with E-state index < -0.39 is 0 Å². The summed E-state index contributed by atoms with van der Waals surface area (Å²) >= 11 is 0. The molecule has 6 aromatic rings. The number of aromatic nitrogens is 2. The molecule has 0 N–H and O–H groups in total. The highest BCUT2D eigenvalue weighted by Gasteiger charge is 2.15. The third-order valence-electron chi connectivity index (χ3n) is 7.66. The largest absolute Gasteiger partial charge is 0.310 e. The van der Waals surface area contributed by atoms with Crippen molar-refractivity contribution in [1.29, 1.82) is 0 Å². The molecular formula is C40H40N2. The molecule has 6 rings (SSSR count). The lowest BCUT2D eigenvalue weighted by molar-refractivity contribution is 1.08. The topological polar surface area (TPSA) is 9.86 Å². The summed E-state index contributed by atoms with van der Waals surface area (Å²) in [7, 11) is 0. The summed E-state index contributed by atoms with van der Waals surface area (Å²) in [6.45, 7) is 14.5. The molecule has 2 nitrogen and oxygen atoms in total. The van der Waals surface area contributed by atoms with Crippen LogP contribution in [0.4, 0.5) is 0 Å². The second-order valence-corrected chi connectivity index (χ2v) is 10.7. The van der Waals surface area contributed by atoms with E-state index in [1.807, 2.05) is 6.92 Å². The molecule has 0 amide bonds. The lowest BCUT2D eigenvalue weighted by atomic mass is 10.1. The number of aryl methyl sites for hydroxylation is 2. The maximum absolute atomic E-state index is 3.96. The van der Waals surface area contributed by atoms with Crippen LogP contribution in [0.2, 0.25) is 0 Å². The molecule has 0 fully saturated rings. The number of benzene rings is 4. The predicted molar refractivity (Wildman–Crippen MR) is 185 cm³/mol. The van der Waals surface area contributed by atoms with E-state index in [1.54, 1.807) is 0 Å². The second kappa shape index (κ2) is 12.8. The quantitative estimate of drug-likeness (QED) is 0.183. The molecule has 210 valence electrons. The van der Waals surface area contributed by atoms with Crippen molar-refractivity contribution in [2.24, 2.45) is 0 Å². The Kier molecular flexibility index (Phi) is 8.74. The van der Waals surface area contributed by atoms with Gasteiger partial charge in [-0.15, -0.1) is 0 Å². The highest BCUT2D eigenvalue weighted by Crippen LogP contribution is 2.32. The Labute approximate surface area is 250 Å². The fourth-order valence-corrected chi connectivity index (χ4v) is 5.73. The van der Waals surface area contributed by atoms with Gasteiger partial charge in [-0.25, -0.2) is 0 Å². The molecule has 0 bridgehead atoms. The molecule has 0 saturated carbocycles. The summed E-state index contributed by atoms with van der Waals surface area (Å²) in [5.41, 5.74) is 11.2. The van der Waals surface area contributed by atoms with Crippen molar-refractivity contribution >= 4 is 44.5 Å². The fourth-order valence-electron chi connectivity index (χ4n) is 5.73. The first-order valence-electron chi connectivity index (χ1n) is 14.8. The minimum Gasteiger partial charge on any atom is -0.310 e. The molecule has 42 heavy (non-hydrogen) atoms. The van der Waals surface area contributed by atoms with Gasteiger partial charge in [0.2, 0.25) is 0 Å². The minimum atomic E-state index is 1.02. The summed E-state index contributed by atoms with van der Waals surface area (Å²) < 4.78 is 4.68. The Morgan fingerprint density at radius 2 is 1.26 bits per heavy atom. The molecule has 0 aliphatic rings. The molecule has 4 aromatic carbocycles. The first-order valence-corrected chi connectivity index (χ1v) is 14.8. The molecule has 0 unspecified atom stereocenters. The highest BCUT2D eigenvalue weighted by molar-refractivity contribution is 6.09. The van der Waals surface area contributed by atoms with Crippen LogP contribution in [0.15, 0.2) is 134 Å². The molecule has 0 radical (unpaired) electrons. The van der Waals surface area contributed by atoms with Crippen LogP contribution < -0.4 is 0 Å². The van der Waals surface area contributed by atoms with E-state index in [0.29, 0.717) is 0 Å². The minimum absolute atomic E-state index is 1.02. The number of rotatable bonds is 6. The normalized spacial score (nSPS) is 12.1. The van der Waals surface area contributed by atoms with Gasteiger partial charge in [-0.2, -0.15) is 0 Å². The van der Waals surface area contributed by atoms with Crippen LogP contribution in [0.25, 0.3) is 50.2 Å². The van der Waals surface area contributed by atoms with E-state index in [2.05, 4.69) is 171 Å². The second-order valence-electron chi connectivity index (χ2n) is 10.7. The van der Waals surface area contributed by atoms with Gasteiger partial charge in [-0.05, 0) is 82.2 Å². The van der Waals surface area contributed by atoms with Crippen molar-refractivity contribution in [3.63, 3.8) is 0 Å². The summed E-state index contributed by atoms with van der Waals surface area (Å²) in [6, 6.07) is 34.5. The van der Waals surface area contributed by atoms with Gasteiger partial charge in [0, 0.05) is 33.2 Å². The summed E-state index contributed by atoms with van der Waals surface area (Å²) in [4.78, 5) is 0. The summed E-state index contributed by atoms with van der Waals surface area (Å²) in [5.74, 6) is 0. The van der Waals surface area contributed by atoms with Gasteiger partial charge >= 0.3 is 0 Å². The van der Waals surface area contributed by atoms with Crippen molar-refractivity contribution in [3.8, 4) is 5.69 Å². The average Bonchev–Trinajstić information content (AvgIpc) is 3.51. The Balaban J connectivity index is 0.000000168. The van der Waals surface area contributed by atoms with Crippen LogP contribution in [0.5, 0.6) is 0 Å². The first-order chi connectivity index (χ1) is 20.5. The van der Waals surface area contributed by atoms with Crippen molar-refractivity contribution in [2.45, 2.75) is 41.0 Å². The smallest absolute Gasteiger partial charge is 0.0541 e. The van der Waals surface area contributed by atoms with Crippen molar-refractivity contribution in [1.82, 2.24) is 9.13 Å². The first kappa shape index (κ1) is 28.7. The van der Waals surface area contributed by atoms with Crippen LogP contribution in [-0.2, 0) is 6.42 Å². The molecule has 0 aliphatic carbocycles. The van der Waals surface area contributed by atoms with Crippen LogP contribution in [0.1, 0.15) is 44.5 Å². The molecule has 0 aliphatic heterocycles.